The van der Waals surface area contributed by atoms with Crippen LogP contribution in [0.15, 0.2) is 60.7 Å². The lowest BCUT2D eigenvalue weighted by molar-refractivity contribution is -0.117. The molecule has 24 heavy (non-hydrogen) atoms. The van der Waals surface area contributed by atoms with Gasteiger partial charge in [0.05, 0.1) is 0 Å². The quantitative estimate of drug-likeness (QED) is 0.792. The Bertz CT molecular complexity index is 565. The second kappa shape index (κ2) is 11.0. The van der Waals surface area contributed by atoms with Crippen LogP contribution in [0.2, 0.25) is 0 Å². The maximum absolute atomic E-state index is 11.8. The van der Waals surface area contributed by atoms with Crippen molar-refractivity contribution in [2.45, 2.75) is 39.2 Å². The molecule has 128 valence electrons. The zero-order valence-corrected chi connectivity index (χ0v) is 14.1. The third kappa shape index (κ3) is 8.73. The molecule has 0 saturated carbocycles. The zero-order valence-electron chi connectivity index (χ0n) is 14.1. The third-order valence-electron chi connectivity index (χ3n) is 3.37. The number of rotatable bonds is 6. The average molecular weight is 328 g/mol. The van der Waals surface area contributed by atoms with Gasteiger partial charge >= 0.3 is 6.16 Å². The van der Waals surface area contributed by atoms with Crippen LogP contribution < -0.4 is 0 Å². The number of ketones is 1. The number of carbonyl (C=O) groups excluding carboxylic acids is 1. The van der Waals surface area contributed by atoms with Crippen molar-refractivity contribution in [2.24, 2.45) is 0 Å². The van der Waals surface area contributed by atoms with Crippen molar-refractivity contribution in [2.75, 3.05) is 0 Å². The van der Waals surface area contributed by atoms with Gasteiger partial charge < -0.3 is 9.84 Å². The first-order chi connectivity index (χ1) is 11.5. The summed E-state index contributed by atoms with van der Waals surface area (Å²) < 4.78 is 4.32. The van der Waals surface area contributed by atoms with E-state index in [4.69, 9.17) is 5.11 Å². The fourth-order valence-corrected chi connectivity index (χ4v) is 1.97. The predicted octanol–water partition coefficient (Wildman–Crippen LogP) is 4.52. The first-order valence-electron chi connectivity index (χ1n) is 8.00. The fraction of sp³-hybridized carbons (Fsp3) is 0.300. The van der Waals surface area contributed by atoms with Gasteiger partial charge in [-0.05, 0) is 24.5 Å². The highest BCUT2D eigenvalue weighted by molar-refractivity contribution is 5.83. The van der Waals surface area contributed by atoms with E-state index >= 15 is 0 Å². The Kier molecular flexibility index (Phi) is 8.90. The van der Waals surface area contributed by atoms with E-state index in [1.807, 2.05) is 67.6 Å². The summed E-state index contributed by atoms with van der Waals surface area (Å²) in [5.74, 6) is 0.261. The molecular formula is C20H24O4. The van der Waals surface area contributed by atoms with Gasteiger partial charge in [0.2, 0.25) is 0 Å². The predicted molar refractivity (Wildman–Crippen MR) is 94.2 cm³/mol. The molecular weight excluding hydrogens is 304 g/mol. The highest BCUT2D eigenvalue weighted by Crippen LogP contribution is 2.05. The van der Waals surface area contributed by atoms with Crippen LogP contribution in [0.4, 0.5) is 4.79 Å². The second-order valence-electron chi connectivity index (χ2n) is 5.47. The van der Waals surface area contributed by atoms with Crippen LogP contribution >= 0.6 is 0 Å². The molecule has 2 rings (SSSR count). The second-order valence-corrected chi connectivity index (χ2v) is 5.47. The molecule has 0 aliphatic carbocycles. The van der Waals surface area contributed by atoms with E-state index in [1.54, 1.807) is 6.92 Å². The van der Waals surface area contributed by atoms with Crippen LogP contribution in [0.5, 0.6) is 0 Å². The van der Waals surface area contributed by atoms with Gasteiger partial charge in [0, 0.05) is 12.8 Å². The number of carboxylic acid groups (broad SMARTS) is 1. The fourth-order valence-electron chi connectivity index (χ4n) is 1.97. The van der Waals surface area contributed by atoms with Crippen molar-refractivity contribution in [3.8, 4) is 0 Å². The molecule has 0 bridgehead atoms. The zero-order chi connectivity index (χ0) is 17.8. The molecule has 0 saturated heterocycles. The van der Waals surface area contributed by atoms with Gasteiger partial charge in [-0.2, -0.15) is 0 Å². The number of hydrogen-bond donors (Lipinski definition) is 1. The van der Waals surface area contributed by atoms with E-state index in [9.17, 15) is 9.59 Å². The standard InChI is InChI=1S/C15H14O.C5H10O3/c16-15(11-13-7-3-1-4-8-13)12-14-9-5-2-6-10-14;1-3-4(2)8-5(6)7/h1-10H,11-12H2;4H,3H2,1-2H3,(H,6,7). The number of hydrogen-bond acceptors (Lipinski definition) is 3. The Labute approximate surface area is 143 Å². The van der Waals surface area contributed by atoms with Gasteiger partial charge in [-0.25, -0.2) is 4.79 Å². The van der Waals surface area contributed by atoms with Crippen LogP contribution in [0.1, 0.15) is 31.4 Å². The summed E-state index contributed by atoms with van der Waals surface area (Å²) in [6.45, 7) is 3.59. The Morgan fingerprint density at radius 1 is 0.917 bits per heavy atom. The molecule has 0 aliphatic heterocycles. The molecule has 0 aliphatic rings. The Balaban J connectivity index is 0.000000307. The largest absolute Gasteiger partial charge is 0.506 e. The van der Waals surface area contributed by atoms with Crippen molar-refractivity contribution in [3.05, 3.63) is 71.8 Å². The van der Waals surface area contributed by atoms with Crippen molar-refractivity contribution >= 4 is 11.9 Å². The molecule has 4 heteroatoms. The lowest BCUT2D eigenvalue weighted by Crippen LogP contribution is -2.10. The van der Waals surface area contributed by atoms with E-state index in [2.05, 4.69) is 4.74 Å². The summed E-state index contributed by atoms with van der Waals surface area (Å²) in [5, 5.41) is 7.99. The summed E-state index contributed by atoms with van der Waals surface area (Å²) in [4.78, 5) is 21.5. The lowest BCUT2D eigenvalue weighted by atomic mass is 10.0. The van der Waals surface area contributed by atoms with Crippen LogP contribution in [0.25, 0.3) is 0 Å². The highest BCUT2D eigenvalue weighted by Gasteiger charge is 2.04. The maximum Gasteiger partial charge on any atom is 0.506 e. The van der Waals surface area contributed by atoms with Crippen LogP contribution in [0.3, 0.4) is 0 Å². The molecule has 0 radical (unpaired) electrons. The highest BCUT2D eigenvalue weighted by atomic mass is 16.7. The van der Waals surface area contributed by atoms with Crippen LogP contribution in [-0.2, 0) is 22.4 Å². The first kappa shape index (κ1) is 19.4. The monoisotopic (exact) mass is 328 g/mol. The molecule has 4 nitrogen and oxygen atoms in total. The molecule has 1 unspecified atom stereocenters. The molecule has 2 aromatic rings. The van der Waals surface area contributed by atoms with Gasteiger partial charge in [0.15, 0.2) is 0 Å². The molecule has 0 heterocycles. The summed E-state index contributed by atoms with van der Waals surface area (Å²) >= 11 is 0. The minimum absolute atomic E-state index is 0.174. The minimum Gasteiger partial charge on any atom is -0.450 e. The number of benzene rings is 2. The molecule has 0 spiro atoms. The van der Waals surface area contributed by atoms with Gasteiger partial charge in [-0.1, -0.05) is 67.6 Å². The molecule has 0 aromatic heterocycles. The smallest absolute Gasteiger partial charge is 0.450 e. The average Bonchev–Trinajstić information content (AvgIpc) is 2.56. The van der Waals surface area contributed by atoms with Crippen molar-refractivity contribution in [1.82, 2.24) is 0 Å². The van der Waals surface area contributed by atoms with Gasteiger partial charge in [-0.3, -0.25) is 4.79 Å². The van der Waals surface area contributed by atoms with Gasteiger partial charge in [0.1, 0.15) is 11.9 Å². The Morgan fingerprint density at radius 2 is 1.33 bits per heavy atom. The molecule has 0 amide bonds. The van der Waals surface area contributed by atoms with Crippen LogP contribution in [-0.4, -0.2) is 23.1 Å². The third-order valence-corrected chi connectivity index (χ3v) is 3.37. The molecule has 2 aromatic carbocycles. The maximum atomic E-state index is 11.8. The van der Waals surface area contributed by atoms with E-state index in [-0.39, 0.29) is 11.9 Å². The Hall–Kier alpha value is -2.62. The molecule has 1 N–H and O–H groups in total. The minimum atomic E-state index is -1.20. The van der Waals surface area contributed by atoms with Crippen LogP contribution in [0, 0.1) is 0 Å². The normalized spacial score (nSPS) is 10.9. The number of ether oxygens (including phenoxy) is 1. The van der Waals surface area contributed by atoms with Crippen molar-refractivity contribution in [1.29, 1.82) is 0 Å². The topological polar surface area (TPSA) is 63.6 Å². The van der Waals surface area contributed by atoms with E-state index < -0.39 is 6.16 Å². The van der Waals surface area contributed by atoms with E-state index in [0.29, 0.717) is 12.8 Å². The number of Topliss-reactive ketones (excluding diaryl/α,β-unsaturated/α-hetero) is 1. The summed E-state index contributed by atoms with van der Waals surface area (Å²) in [5.41, 5.74) is 2.17. The first-order valence-corrected chi connectivity index (χ1v) is 8.00. The Morgan fingerprint density at radius 3 is 1.62 bits per heavy atom. The van der Waals surface area contributed by atoms with Gasteiger partial charge in [-0.15, -0.1) is 0 Å². The molecule has 1 atom stereocenters. The van der Waals surface area contributed by atoms with E-state index in [1.165, 1.54) is 0 Å². The summed E-state index contributed by atoms with van der Waals surface area (Å²) in [6, 6.07) is 19.7. The summed E-state index contributed by atoms with van der Waals surface area (Å²) in [6.07, 6.45) is 0.407. The SMILES string of the molecule is CCC(C)OC(=O)O.O=C(Cc1ccccc1)Cc1ccccc1. The molecule has 0 fully saturated rings. The van der Waals surface area contributed by atoms with Crippen molar-refractivity contribution in [3.63, 3.8) is 0 Å². The summed E-state index contributed by atoms with van der Waals surface area (Å²) in [7, 11) is 0. The lowest BCUT2D eigenvalue weighted by Gasteiger charge is -2.04. The van der Waals surface area contributed by atoms with E-state index in [0.717, 1.165) is 17.5 Å². The van der Waals surface area contributed by atoms with Gasteiger partial charge in [0.25, 0.3) is 0 Å². The van der Waals surface area contributed by atoms with Crippen molar-refractivity contribution < 1.29 is 19.4 Å². The number of carbonyl (C=O) groups is 2.